The van der Waals surface area contributed by atoms with Gasteiger partial charge in [-0.2, -0.15) is 0 Å². The number of hydrogen-bond acceptors (Lipinski definition) is 3. The van der Waals surface area contributed by atoms with Crippen molar-refractivity contribution in [2.75, 3.05) is 18.1 Å². The summed E-state index contributed by atoms with van der Waals surface area (Å²) in [6.45, 7) is 2.34. The number of carbonyl (C=O) groups excluding carboxylic acids is 2. The van der Waals surface area contributed by atoms with E-state index in [1.165, 1.54) is 0 Å². The summed E-state index contributed by atoms with van der Waals surface area (Å²) in [4.78, 5) is 24.4. The van der Waals surface area contributed by atoms with Crippen LogP contribution < -0.4 is 9.64 Å². The van der Waals surface area contributed by atoms with E-state index in [2.05, 4.69) is 0 Å². The van der Waals surface area contributed by atoms with Crippen LogP contribution in [0.5, 0.6) is 5.75 Å². The number of nitrogens with zero attached hydrogens (tertiary/aromatic N) is 1. The lowest BCUT2D eigenvalue weighted by atomic mass is 10.1. The number of hydrogen-bond donors (Lipinski definition) is 0. The molecule has 1 aliphatic rings. The number of ether oxygens (including phenoxy) is 1. The molecule has 1 aliphatic heterocycles. The second-order valence-electron chi connectivity index (χ2n) is 4.46. The van der Waals surface area contributed by atoms with E-state index in [4.69, 9.17) is 4.74 Å². The monoisotopic (exact) mass is 247 g/mol. The molecular formula is C14H17NO3. The second-order valence-corrected chi connectivity index (χ2v) is 4.46. The van der Waals surface area contributed by atoms with Crippen molar-refractivity contribution in [1.82, 2.24) is 0 Å². The highest BCUT2D eigenvalue weighted by molar-refractivity contribution is 5.97. The van der Waals surface area contributed by atoms with Gasteiger partial charge in [0.2, 0.25) is 0 Å². The predicted octanol–water partition coefficient (Wildman–Crippen LogP) is 2.17. The molecule has 2 rings (SSSR count). The van der Waals surface area contributed by atoms with Crippen molar-refractivity contribution in [3.63, 3.8) is 0 Å². The second kappa shape index (κ2) is 5.67. The fraction of sp³-hybridized carbons (Fsp3) is 0.429. The van der Waals surface area contributed by atoms with E-state index in [9.17, 15) is 9.59 Å². The first kappa shape index (κ1) is 12.6. The maximum atomic E-state index is 11.8. The summed E-state index contributed by atoms with van der Waals surface area (Å²) in [5, 5.41) is 0. The highest BCUT2D eigenvalue weighted by Gasteiger charge is 2.24. The van der Waals surface area contributed by atoms with Crippen LogP contribution in [0, 0.1) is 0 Å². The summed E-state index contributed by atoms with van der Waals surface area (Å²) < 4.78 is 5.37. The van der Waals surface area contributed by atoms with Crippen LogP contribution in [-0.2, 0) is 9.59 Å². The lowest BCUT2D eigenvalue weighted by Crippen LogP contribution is -2.39. The number of ketones is 1. The Hall–Kier alpha value is -1.84. The molecule has 1 aromatic rings. The lowest BCUT2D eigenvalue weighted by molar-refractivity contribution is -0.121. The van der Waals surface area contributed by atoms with E-state index in [0.717, 1.165) is 24.3 Å². The van der Waals surface area contributed by atoms with Gasteiger partial charge in [0, 0.05) is 13.0 Å². The van der Waals surface area contributed by atoms with E-state index < -0.39 is 0 Å². The molecule has 0 bridgehead atoms. The van der Waals surface area contributed by atoms with Crippen LogP contribution in [0.15, 0.2) is 24.3 Å². The van der Waals surface area contributed by atoms with E-state index in [1.54, 1.807) is 11.8 Å². The van der Waals surface area contributed by atoms with Crippen molar-refractivity contribution in [2.45, 2.75) is 26.2 Å². The number of Topliss-reactive ketones (excluding diaryl/α,β-unsaturated/α-hetero) is 1. The van der Waals surface area contributed by atoms with Crippen LogP contribution >= 0.6 is 0 Å². The molecule has 4 heteroatoms. The van der Waals surface area contributed by atoms with E-state index >= 15 is 0 Å². The maximum Gasteiger partial charge on any atom is 0.265 e. The number of anilines is 1. The summed E-state index contributed by atoms with van der Waals surface area (Å²) in [5.74, 6) is 0.934. The molecule has 1 amide bonds. The molecule has 4 nitrogen and oxygen atoms in total. The number of rotatable bonds is 5. The standard InChI is InChI=1S/C14H17NO3/c1-11(16)6-4-5-9-15-12-7-2-3-8-13(12)18-10-14(15)17/h2-3,7-8H,4-6,9-10H2,1H3. The van der Waals surface area contributed by atoms with Gasteiger partial charge < -0.3 is 14.4 Å². The Morgan fingerprint density at radius 2 is 2.11 bits per heavy atom. The van der Waals surface area contributed by atoms with Crippen molar-refractivity contribution in [2.24, 2.45) is 0 Å². The van der Waals surface area contributed by atoms with Gasteiger partial charge in [-0.05, 0) is 31.9 Å². The Kier molecular flexibility index (Phi) is 3.97. The number of benzene rings is 1. The Labute approximate surface area is 107 Å². The highest BCUT2D eigenvalue weighted by atomic mass is 16.5. The average molecular weight is 247 g/mol. The summed E-state index contributed by atoms with van der Waals surface area (Å²) in [5.41, 5.74) is 0.830. The van der Waals surface area contributed by atoms with Crippen LogP contribution in [0.3, 0.4) is 0 Å². The van der Waals surface area contributed by atoms with Crippen LogP contribution in [0.1, 0.15) is 26.2 Å². The first-order valence-electron chi connectivity index (χ1n) is 6.20. The van der Waals surface area contributed by atoms with Crippen LogP contribution in [0.2, 0.25) is 0 Å². The summed E-state index contributed by atoms with van der Waals surface area (Å²) in [6, 6.07) is 7.54. The Balaban J connectivity index is 1.99. The number of amides is 1. The van der Waals surface area contributed by atoms with Crippen LogP contribution in [-0.4, -0.2) is 24.8 Å². The van der Waals surface area contributed by atoms with E-state index in [-0.39, 0.29) is 18.3 Å². The molecule has 1 aromatic carbocycles. The average Bonchev–Trinajstić information content (AvgIpc) is 2.36. The molecule has 96 valence electrons. The Morgan fingerprint density at radius 1 is 1.33 bits per heavy atom. The van der Waals surface area contributed by atoms with Gasteiger partial charge in [-0.3, -0.25) is 4.79 Å². The molecule has 0 spiro atoms. The predicted molar refractivity (Wildman–Crippen MR) is 68.8 cm³/mol. The summed E-state index contributed by atoms with van der Waals surface area (Å²) in [7, 11) is 0. The molecule has 0 radical (unpaired) electrons. The van der Waals surface area contributed by atoms with Crippen molar-refractivity contribution in [3.05, 3.63) is 24.3 Å². The Morgan fingerprint density at radius 3 is 2.89 bits per heavy atom. The number of fused-ring (bicyclic) bond motifs is 1. The van der Waals surface area contributed by atoms with Gasteiger partial charge >= 0.3 is 0 Å². The quantitative estimate of drug-likeness (QED) is 0.749. The molecule has 0 N–H and O–H groups in total. The fourth-order valence-electron chi connectivity index (χ4n) is 2.04. The molecule has 0 aromatic heterocycles. The van der Waals surface area contributed by atoms with Gasteiger partial charge in [0.1, 0.15) is 11.5 Å². The Bertz CT molecular complexity index is 456. The smallest absolute Gasteiger partial charge is 0.265 e. The molecule has 0 saturated carbocycles. The molecule has 0 fully saturated rings. The third-order valence-electron chi connectivity index (χ3n) is 2.97. The van der Waals surface area contributed by atoms with Gasteiger partial charge in [0.05, 0.1) is 5.69 Å². The first-order valence-corrected chi connectivity index (χ1v) is 6.20. The third-order valence-corrected chi connectivity index (χ3v) is 2.97. The van der Waals surface area contributed by atoms with Gasteiger partial charge in [-0.1, -0.05) is 12.1 Å². The zero-order chi connectivity index (χ0) is 13.0. The SMILES string of the molecule is CC(=O)CCCCN1C(=O)COc2ccccc21. The highest BCUT2D eigenvalue weighted by Crippen LogP contribution is 2.31. The lowest BCUT2D eigenvalue weighted by Gasteiger charge is -2.29. The molecule has 0 unspecified atom stereocenters. The van der Waals surface area contributed by atoms with Gasteiger partial charge in [-0.25, -0.2) is 0 Å². The zero-order valence-electron chi connectivity index (χ0n) is 10.5. The zero-order valence-corrected chi connectivity index (χ0v) is 10.5. The maximum absolute atomic E-state index is 11.8. The van der Waals surface area contributed by atoms with Crippen molar-refractivity contribution in [1.29, 1.82) is 0 Å². The number of para-hydroxylation sites is 2. The third kappa shape index (κ3) is 2.88. The molecule has 1 heterocycles. The largest absolute Gasteiger partial charge is 0.482 e. The van der Waals surface area contributed by atoms with Gasteiger partial charge in [0.15, 0.2) is 6.61 Å². The van der Waals surface area contributed by atoms with E-state index in [0.29, 0.717) is 13.0 Å². The van der Waals surface area contributed by atoms with Gasteiger partial charge in [0.25, 0.3) is 5.91 Å². The molecule has 0 saturated heterocycles. The van der Waals surface area contributed by atoms with Crippen molar-refractivity contribution >= 4 is 17.4 Å². The minimum Gasteiger partial charge on any atom is -0.482 e. The van der Waals surface area contributed by atoms with Crippen molar-refractivity contribution < 1.29 is 14.3 Å². The first-order chi connectivity index (χ1) is 8.68. The number of carbonyl (C=O) groups is 2. The molecular weight excluding hydrogens is 230 g/mol. The summed E-state index contributed by atoms with van der Waals surface area (Å²) >= 11 is 0. The fourth-order valence-corrected chi connectivity index (χ4v) is 2.04. The summed E-state index contributed by atoms with van der Waals surface area (Å²) in [6.07, 6.45) is 2.24. The molecule has 18 heavy (non-hydrogen) atoms. The van der Waals surface area contributed by atoms with Crippen molar-refractivity contribution in [3.8, 4) is 5.75 Å². The van der Waals surface area contributed by atoms with Crippen LogP contribution in [0.25, 0.3) is 0 Å². The van der Waals surface area contributed by atoms with Gasteiger partial charge in [-0.15, -0.1) is 0 Å². The normalized spacial score (nSPS) is 14.1. The van der Waals surface area contributed by atoms with E-state index in [1.807, 2.05) is 24.3 Å². The van der Waals surface area contributed by atoms with Crippen LogP contribution in [0.4, 0.5) is 5.69 Å². The molecule has 0 aliphatic carbocycles. The topological polar surface area (TPSA) is 46.6 Å². The molecule has 0 atom stereocenters. The number of unbranched alkanes of at least 4 members (excludes halogenated alkanes) is 1. The minimum absolute atomic E-state index is 0.0171. The minimum atomic E-state index is -0.0171.